The van der Waals surface area contributed by atoms with Crippen LogP contribution in [0.25, 0.3) is 10.2 Å². The third-order valence-corrected chi connectivity index (χ3v) is 4.33. The number of fused-ring (bicyclic) bond motifs is 1. The zero-order valence-electron chi connectivity index (χ0n) is 12.7. The summed E-state index contributed by atoms with van der Waals surface area (Å²) >= 11 is 1.37. The van der Waals surface area contributed by atoms with E-state index in [0.717, 1.165) is 23.1 Å². The molecular formula is C14H16N6O3S. The van der Waals surface area contributed by atoms with Crippen molar-refractivity contribution in [2.24, 2.45) is 0 Å². The maximum Gasteiger partial charge on any atom is 0.295 e. The molecule has 0 aliphatic heterocycles. The van der Waals surface area contributed by atoms with Crippen molar-refractivity contribution in [1.29, 1.82) is 0 Å². The monoisotopic (exact) mass is 348 g/mol. The quantitative estimate of drug-likeness (QED) is 0.439. The van der Waals surface area contributed by atoms with Crippen molar-refractivity contribution in [1.82, 2.24) is 25.1 Å². The minimum absolute atomic E-state index is 0.130. The summed E-state index contributed by atoms with van der Waals surface area (Å²) in [6.45, 7) is 1.10. The average Bonchev–Trinajstić information content (AvgIpc) is 3.21. The Labute approximate surface area is 141 Å². The van der Waals surface area contributed by atoms with Crippen molar-refractivity contribution >= 4 is 33.4 Å². The van der Waals surface area contributed by atoms with Crippen LogP contribution in [0.1, 0.15) is 22.6 Å². The third-order valence-electron chi connectivity index (χ3n) is 3.29. The number of benzene rings is 1. The minimum Gasteiger partial charge on any atom is -0.350 e. The number of rotatable bonds is 7. The molecule has 1 aromatic carbocycles. The Morgan fingerprint density at radius 3 is 2.88 bits per heavy atom. The number of nitrogens with one attached hydrogen (secondary N) is 1. The van der Waals surface area contributed by atoms with E-state index in [4.69, 9.17) is 10.4 Å². The molecule has 0 saturated heterocycles. The second-order valence-electron chi connectivity index (χ2n) is 5.05. The van der Waals surface area contributed by atoms with E-state index in [1.54, 1.807) is 0 Å². The van der Waals surface area contributed by atoms with Crippen LogP contribution in [0, 0.1) is 0 Å². The van der Waals surface area contributed by atoms with Crippen molar-refractivity contribution in [2.75, 3.05) is 11.8 Å². The Balaban J connectivity index is 1.41. The fraction of sp³-hybridized carbons (Fsp3) is 0.286. The molecule has 0 spiro atoms. The van der Waals surface area contributed by atoms with Gasteiger partial charge in [-0.1, -0.05) is 17.4 Å². The van der Waals surface area contributed by atoms with Crippen LogP contribution in [0.4, 0.5) is 5.95 Å². The summed E-state index contributed by atoms with van der Waals surface area (Å²) in [6, 6.07) is 7.64. The number of para-hydroxylation sites is 1. The third kappa shape index (κ3) is 3.85. The molecule has 24 heavy (non-hydrogen) atoms. The van der Waals surface area contributed by atoms with E-state index in [1.165, 1.54) is 22.3 Å². The molecule has 10 heteroatoms. The molecule has 0 atom stereocenters. The van der Waals surface area contributed by atoms with Crippen LogP contribution >= 0.6 is 11.3 Å². The number of hydrogen-bond donors (Lipinski definition) is 3. The van der Waals surface area contributed by atoms with Crippen LogP contribution in [0.15, 0.2) is 30.6 Å². The SMILES string of the molecule is O=C(NCCCCn1cnc(N(O)O)n1)c1nc2ccccc2s1. The molecule has 3 N–H and O–H groups in total. The first-order chi connectivity index (χ1) is 11.6. The van der Waals surface area contributed by atoms with Crippen molar-refractivity contribution < 1.29 is 15.2 Å². The first-order valence-electron chi connectivity index (χ1n) is 7.34. The van der Waals surface area contributed by atoms with Gasteiger partial charge in [0.25, 0.3) is 11.9 Å². The van der Waals surface area contributed by atoms with Crippen LogP contribution in [-0.4, -0.2) is 42.6 Å². The number of hydrogen-bond acceptors (Lipinski definition) is 8. The largest absolute Gasteiger partial charge is 0.350 e. The Hall–Kier alpha value is -2.56. The predicted octanol–water partition coefficient (Wildman–Crippen LogP) is 1.68. The highest BCUT2D eigenvalue weighted by Crippen LogP contribution is 2.21. The summed E-state index contributed by atoms with van der Waals surface area (Å²) in [6.07, 6.45) is 2.93. The van der Waals surface area contributed by atoms with E-state index in [1.807, 2.05) is 24.3 Å². The van der Waals surface area contributed by atoms with Crippen molar-refractivity contribution in [3.63, 3.8) is 0 Å². The predicted molar refractivity (Wildman–Crippen MR) is 87.3 cm³/mol. The second kappa shape index (κ2) is 7.34. The number of unbranched alkanes of at least 4 members (excludes halogenated alkanes) is 1. The Kier molecular flexibility index (Phi) is 4.99. The molecule has 0 unspecified atom stereocenters. The van der Waals surface area contributed by atoms with Crippen LogP contribution in [0.2, 0.25) is 0 Å². The fourth-order valence-corrected chi connectivity index (χ4v) is 3.01. The van der Waals surface area contributed by atoms with Crippen LogP contribution in [0.5, 0.6) is 0 Å². The lowest BCUT2D eigenvalue weighted by atomic mass is 10.3. The van der Waals surface area contributed by atoms with Gasteiger partial charge < -0.3 is 5.32 Å². The normalized spacial score (nSPS) is 10.9. The topological polar surface area (TPSA) is 116 Å². The molecule has 2 heterocycles. The molecule has 126 valence electrons. The minimum atomic E-state index is -0.181. The van der Waals surface area contributed by atoms with E-state index in [2.05, 4.69) is 20.4 Å². The first kappa shape index (κ1) is 16.3. The Morgan fingerprint density at radius 2 is 2.12 bits per heavy atom. The molecule has 0 radical (unpaired) electrons. The number of amides is 1. The van der Waals surface area contributed by atoms with Gasteiger partial charge in [-0.25, -0.2) is 4.98 Å². The van der Waals surface area contributed by atoms with Gasteiger partial charge in [-0.15, -0.1) is 16.4 Å². The summed E-state index contributed by atoms with van der Waals surface area (Å²) in [7, 11) is 0. The van der Waals surface area contributed by atoms with Crippen molar-refractivity contribution in [3.05, 3.63) is 35.6 Å². The summed E-state index contributed by atoms with van der Waals surface area (Å²) in [5.74, 6) is -0.352. The van der Waals surface area contributed by atoms with Crippen molar-refractivity contribution in [2.45, 2.75) is 19.4 Å². The Bertz CT molecular complexity index is 798. The van der Waals surface area contributed by atoms with Gasteiger partial charge in [0.05, 0.1) is 10.2 Å². The van der Waals surface area contributed by atoms with Gasteiger partial charge in [0, 0.05) is 13.1 Å². The number of anilines is 1. The van der Waals surface area contributed by atoms with E-state index in [9.17, 15) is 4.79 Å². The van der Waals surface area contributed by atoms with Gasteiger partial charge in [0.1, 0.15) is 6.33 Å². The second-order valence-corrected chi connectivity index (χ2v) is 6.08. The molecule has 0 aliphatic carbocycles. The molecule has 2 aromatic heterocycles. The maximum absolute atomic E-state index is 12.1. The smallest absolute Gasteiger partial charge is 0.295 e. The molecule has 0 saturated carbocycles. The van der Waals surface area contributed by atoms with Gasteiger partial charge in [0.15, 0.2) is 5.01 Å². The van der Waals surface area contributed by atoms with Crippen LogP contribution in [-0.2, 0) is 6.54 Å². The lowest BCUT2D eigenvalue weighted by Crippen LogP contribution is -2.24. The van der Waals surface area contributed by atoms with Gasteiger partial charge in [-0.05, 0) is 25.0 Å². The summed E-state index contributed by atoms with van der Waals surface area (Å²) in [5.41, 5.74) is 0.830. The molecular weight excluding hydrogens is 332 g/mol. The summed E-state index contributed by atoms with van der Waals surface area (Å²) in [4.78, 5) is 20.1. The number of carbonyl (C=O) groups excluding carboxylic acids is 1. The molecule has 1 amide bonds. The average molecular weight is 348 g/mol. The molecule has 9 nitrogen and oxygen atoms in total. The highest BCUT2D eigenvalue weighted by Gasteiger charge is 2.11. The maximum atomic E-state index is 12.1. The van der Waals surface area contributed by atoms with E-state index in [0.29, 0.717) is 18.1 Å². The van der Waals surface area contributed by atoms with Gasteiger partial charge in [-0.3, -0.25) is 19.9 Å². The van der Waals surface area contributed by atoms with E-state index < -0.39 is 0 Å². The first-order valence-corrected chi connectivity index (χ1v) is 8.16. The van der Waals surface area contributed by atoms with Crippen LogP contribution in [0.3, 0.4) is 0 Å². The Morgan fingerprint density at radius 1 is 1.29 bits per heavy atom. The fourth-order valence-electron chi connectivity index (χ4n) is 2.13. The molecule has 0 bridgehead atoms. The van der Waals surface area contributed by atoms with Gasteiger partial charge in [-0.2, -0.15) is 4.98 Å². The lowest BCUT2D eigenvalue weighted by molar-refractivity contribution is 0.0241. The molecule has 0 fully saturated rings. The number of aryl methyl sites for hydroxylation is 1. The number of thiazole rings is 1. The number of aromatic nitrogens is 4. The molecule has 3 rings (SSSR count). The van der Waals surface area contributed by atoms with Crippen LogP contribution < -0.4 is 10.5 Å². The summed E-state index contributed by atoms with van der Waals surface area (Å²) in [5, 5.41) is 24.6. The highest BCUT2D eigenvalue weighted by molar-refractivity contribution is 7.20. The highest BCUT2D eigenvalue weighted by atomic mass is 32.1. The van der Waals surface area contributed by atoms with Gasteiger partial charge >= 0.3 is 0 Å². The number of nitrogens with zero attached hydrogens (tertiary/aromatic N) is 5. The molecule has 3 aromatic rings. The zero-order valence-corrected chi connectivity index (χ0v) is 13.5. The van der Waals surface area contributed by atoms with Gasteiger partial charge in [0.2, 0.25) is 0 Å². The van der Waals surface area contributed by atoms with E-state index >= 15 is 0 Å². The molecule has 0 aliphatic rings. The zero-order chi connectivity index (χ0) is 16.9. The standard InChI is InChI=1S/C14H16N6O3S/c21-12(13-17-10-5-1-2-6-11(10)24-13)15-7-3-4-8-19-9-16-14(18-19)20(22)23/h1-2,5-6,9,22-23H,3-4,7-8H2,(H,15,21). The summed E-state index contributed by atoms with van der Waals surface area (Å²) < 4.78 is 2.50. The number of carbonyl (C=O) groups is 1. The van der Waals surface area contributed by atoms with E-state index in [-0.39, 0.29) is 17.1 Å². The lowest BCUT2D eigenvalue weighted by Gasteiger charge is -2.03. The van der Waals surface area contributed by atoms with Crippen molar-refractivity contribution in [3.8, 4) is 0 Å².